The van der Waals surface area contributed by atoms with Gasteiger partial charge in [0.25, 0.3) is 0 Å². The molecule has 2 N–H and O–H groups in total. The van der Waals surface area contributed by atoms with Crippen molar-refractivity contribution in [3.8, 4) is 11.5 Å². The molecule has 1 fully saturated rings. The Hall–Kier alpha value is -1.71. The van der Waals surface area contributed by atoms with E-state index in [1.807, 2.05) is 18.2 Å². The monoisotopic (exact) mass is 276 g/mol. The molecule has 0 unspecified atom stereocenters. The Balaban J connectivity index is 2.05. The molecule has 0 saturated heterocycles. The van der Waals surface area contributed by atoms with E-state index in [0.29, 0.717) is 12.5 Å². The van der Waals surface area contributed by atoms with Gasteiger partial charge in [-0.05, 0) is 25.0 Å². The quantitative estimate of drug-likeness (QED) is 0.664. The van der Waals surface area contributed by atoms with Gasteiger partial charge < -0.3 is 15.2 Å². The first-order valence-corrected chi connectivity index (χ1v) is 7.25. The molecule has 1 aromatic carbocycles. The molecule has 0 amide bonds. The Kier molecular flexibility index (Phi) is 5.27. The first-order chi connectivity index (χ1) is 9.74. The molecule has 4 heteroatoms. The largest absolute Gasteiger partial charge is 0.497 e. The van der Waals surface area contributed by atoms with Gasteiger partial charge in [-0.25, -0.2) is 0 Å². The highest BCUT2D eigenvalue weighted by Crippen LogP contribution is 2.26. The van der Waals surface area contributed by atoms with Crippen LogP contribution in [0.3, 0.4) is 0 Å². The molecule has 0 aliphatic heterocycles. The third-order valence-corrected chi connectivity index (χ3v) is 3.95. The molecule has 1 saturated carbocycles. The fourth-order valence-electron chi connectivity index (χ4n) is 2.69. The minimum absolute atomic E-state index is 0.466. The highest BCUT2D eigenvalue weighted by atomic mass is 16.5. The maximum absolute atomic E-state index is 6.13. The smallest absolute Gasteiger partial charge is 0.127 e. The molecule has 1 aromatic rings. The van der Waals surface area contributed by atoms with Crippen molar-refractivity contribution in [2.24, 2.45) is 16.6 Å². The summed E-state index contributed by atoms with van der Waals surface area (Å²) in [7, 11) is 3.31. The molecule has 2 rings (SSSR count). The van der Waals surface area contributed by atoms with Gasteiger partial charge in [0.15, 0.2) is 0 Å². The van der Waals surface area contributed by atoms with Gasteiger partial charge in [0.2, 0.25) is 0 Å². The summed E-state index contributed by atoms with van der Waals surface area (Å²) in [5.41, 5.74) is 7.16. The van der Waals surface area contributed by atoms with Crippen LogP contribution in [0.4, 0.5) is 0 Å². The number of hydrogen-bond acceptors (Lipinski definition) is 3. The van der Waals surface area contributed by atoms with E-state index in [0.717, 1.165) is 22.9 Å². The summed E-state index contributed by atoms with van der Waals surface area (Å²) in [5, 5.41) is 0. The van der Waals surface area contributed by atoms with Crippen molar-refractivity contribution in [2.45, 2.75) is 38.6 Å². The fourth-order valence-corrected chi connectivity index (χ4v) is 2.69. The summed E-state index contributed by atoms with van der Waals surface area (Å²) >= 11 is 0. The van der Waals surface area contributed by atoms with Crippen molar-refractivity contribution in [3.05, 3.63) is 23.8 Å². The number of benzene rings is 1. The second kappa shape index (κ2) is 7.17. The van der Waals surface area contributed by atoms with Crippen molar-refractivity contribution in [1.82, 2.24) is 0 Å². The Morgan fingerprint density at radius 2 is 1.95 bits per heavy atom. The molecule has 20 heavy (non-hydrogen) atoms. The number of aliphatic imine (C=N–C) groups is 1. The summed E-state index contributed by atoms with van der Waals surface area (Å²) in [4.78, 5) is 4.56. The van der Waals surface area contributed by atoms with Crippen LogP contribution in [-0.2, 0) is 6.54 Å². The number of methoxy groups -OCH3 is 2. The number of hydrogen-bond donors (Lipinski definition) is 1. The van der Waals surface area contributed by atoms with Crippen molar-refractivity contribution >= 4 is 5.84 Å². The van der Waals surface area contributed by atoms with Gasteiger partial charge in [0, 0.05) is 17.5 Å². The topological polar surface area (TPSA) is 56.8 Å². The van der Waals surface area contributed by atoms with Gasteiger partial charge in [-0.2, -0.15) is 0 Å². The Morgan fingerprint density at radius 1 is 1.20 bits per heavy atom. The average Bonchev–Trinajstić information content (AvgIpc) is 2.53. The number of amidine groups is 1. The number of ether oxygens (including phenoxy) is 2. The van der Waals surface area contributed by atoms with Crippen LogP contribution in [0.15, 0.2) is 23.2 Å². The predicted molar refractivity (Wildman–Crippen MR) is 81.4 cm³/mol. The highest BCUT2D eigenvalue weighted by molar-refractivity contribution is 5.82. The Morgan fingerprint density at radius 3 is 2.60 bits per heavy atom. The summed E-state index contributed by atoms with van der Waals surface area (Å²) in [6, 6.07) is 5.78. The molecule has 1 aliphatic rings. The lowest BCUT2D eigenvalue weighted by atomic mass is 9.88. The molecule has 4 nitrogen and oxygen atoms in total. The zero-order valence-corrected chi connectivity index (χ0v) is 12.4. The minimum Gasteiger partial charge on any atom is -0.497 e. The van der Waals surface area contributed by atoms with Crippen LogP contribution >= 0.6 is 0 Å². The molecule has 110 valence electrons. The predicted octanol–water partition coefficient (Wildman–Crippen LogP) is 3.14. The maximum atomic E-state index is 6.13. The van der Waals surface area contributed by atoms with E-state index in [2.05, 4.69) is 4.99 Å². The third kappa shape index (κ3) is 3.65. The van der Waals surface area contributed by atoms with Crippen LogP contribution < -0.4 is 15.2 Å². The second-order valence-corrected chi connectivity index (χ2v) is 5.25. The molecule has 0 heterocycles. The van der Waals surface area contributed by atoms with Crippen molar-refractivity contribution in [3.63, 3.8) is 0 Å². The third-order valence-electron chi connectivity index (χ3n) is 3.95. The van der Waals surface area contributed by atoms with Crippen LogP contribution in [0.1, 0.15) is 37.7 Å². The minimum atomic E-state index is 0.466. The van der Waals surface area contributed by atoms with Crippen molar-refractivity contribution < 1.29 is 9.47 Å². The lowest BCUT2D eigenvalue weighted by molar-refractivity contribution is 0.391. The van der Waals surface area contributed by atoms with E-state index >= 15 is 0 Å². The maximum Gasteiger partial charge on any atom is 0.127 e. The first-order valence-electron chi connectivity index (χ1n) is 7.25. The van der Waals surface area contributed by atoms with E-state index in [1.165, 1.54) is 32.1 Å². The highest BCUT2D eigenvalue weighted by Gasteiger charge is 2.16. The van der Waals surface area contributed by atoms with Crippen LogP contribution in [-0.4, -0.2) is 20.1 Å². The van der Waals surface area contributed by atoms with Crippen molar-refractivity contribution in [2.75, 3.05) is 14.2 Å². The molecule has 0 bridgehead atoms. The SMILES string of the molecule is COc1ccc(CN=C(N)C2CCCCC2)c(OC)c1. The van der Waals surface area contributed by atoms with Crippen molar-refractivity contribution in [1.29, 1.82) is 0 Å². The molecule has 0 spiro atoms. The average molecular weight is 276 g/mol. The van der Waals surface area contributed by atoms with E-state index < -0.39 is 0 Å². The van der Waals surface area contributed by atoms with Gasteiger partial charge >= 0.3 is 0 Å². The van der Waals surface area contributed by atoms with Gasteiger partial charge in [-0.15, -0.1) is 0 Å². The molecular formula is C16H24N2O2. The second-order valence-electron chi connectivity index (χ2n) is 5.25. The normalized spacial score (nSPS) is 17.0. The molecule has 0 aromatic heterocycles. The molecular weight excluding hydrogens is 252 g/mol. The van der Waals surface area contributed by atoms with Gasteiger partial charge in [0.1, 0.15) is 11.5 Å². The number of nitrogens with two attached hydrogens (primary N) is 1. The fraction of sp³-hybridized carbons (Fsp3) is 0.562. The summed E-state index contributed by atoms with van der Waals surface area (Å²) in [6.07, 6.45) is 6.22. The van der Waals surface area contributed by atoms with Gasteiger partial charge in [0.05, 0.1) is 26.6 Å². The van der Waals surface area contributed by atoms with E-state index in [-0.39, 0.29) is 0 Å². The molecule has 0 atom stereocenters. The lowest BCUT2D eigenvalue weighted by Crippen LogP contribution is -2.25. The van der Waals surface area contributed by atoms with E-state index in [1.54, 1.807) is 14.2 Å². The van der Waals surface area contributed by atoms with Gasteiger partial charge in [-0.1, -0.05) is 19.3 Å². The zero-order chi connectivity index (χ0) is 14.4. The Labute approximate surface area is 121 Å². The lowest BCUT2D eigenvalue weighted by Gasteiger charge is -2.21. The van der Waals surface area contributed by atoms with Gasteiger partial charge in [-0.3, -0.25) is 4.99 Å². The standard InChI is InChI=1S/C16H24N2O2/c1-19-14-9-8-13(15(10-14)20-2)11-18-16(17)12-6-4-3-5-7-12/h8-10,12H,3-7,11H2,1-2H3,(H2,17,18). The summed E-state index contributed by atoms with van der Waals surface area (Å²) < 4.78 is 10.6. The van der Waals surface area contributed by atoms with Crippen LogP contribution in [0, 0.1) is 5.92 Å². The van der Waals surface area contributed by atoms with Crippen LogP contribution in [0.25, 0.3) is 0 Å². The van der Waals surface area contributed by atoms with E-state index in [4.69, 9.17) is 15.2 Å². The van der Waals surface area contributed by atoms with Crippen LogP contribution in [0.2, 0.25) is 0 Å². The summed E-state index contributed by atoms with van der Waals surface area (Å²) in [6.45, 7) is 0.565. The molecule has 0 radical (unpaired) electrons. The van der Waals surface area contributed by atoms with E-state index in [9.17, 15) is 0 Å². The van der Waals surface area contributed by atoms with Crippen LogP contribution in [0.5, 0.6) is 11.5 Å². The number of nitrogens with zero attached hydrogens (tertiary/aromatic N) is 1. The first kappa shape index (κ1) is 14.7. The Bertz CT molecular complexity index is 466. The zero-order valence-electron chi connectivity index (χ0n) is 12.4. The summed E-state index contributed by atoms with van der Waals surface area (Å²) in [5.74, 6) is 2.84. The number of rotatable bonds is 5. The molecule has 1 aliphatic carbocycles.